The Kier molecular flexibility index (Phi) is 7.30. The Morgan fingerprint density at radius 2 is 1.59 bits per heavy atom. The Morgan fingerprint density at radius 3 is 2.10 bits per heavy atom. The SMILES string of the molecule is CC(=O)N/C(=C\c1ccccc1)C(=O)Nc1ccc(S(=O)(=O)N(C)C(C)C)cc1. The molecule has 0 spiro atoms. The lowest BCUT2D eigenvalue weighted by Gasteiger charge is -2.21. The number of amides is 2. The van der Waals surface area contributed by atoms with Gasteiger partial charge in [0.05, 0.1) is 4.90 Å². The predicted molar refractivity (Wildman–Crippen MR) is 113 cm³/mol. The molecular formula is C21H25N3O4S. The minimum atomic E-state index is -3.60. The number of hydrogen-bond donors (Lipinski definition) is 2. The van der Waals surface area contributed by atoms with E-state index in [9.17, 15) is 18.0 Å². The molecule has 2 aromatic rings. The van der Waals surface area contributed by atoms with Crippen molar-refractivity contribution in [3.05, 3.63) is 65.9 Å². The van der Waals surface area contributed by atoms with Gasteiger partial charge in [-0.25, -0.2) is 8.42 Å². The Hall–Kier alpha value is -2.97. The molecule has 0 aliphatic rings. The van der Waals surface area contributed by atoms with Crippen LogP contribution >= 0.6 is 0 Å². The summed E-state index contributed by atoms with van der Waals surface area (Å²) < 4.78 is 26.3. The molecular weight excluding hydrogens is 390 g/mol. The first kappa shape index (κ1) is 22.3. The van der Waals surface area contributed by atoms with Crippen molar-refractivity contribution in [2.24, 2.45) is 0 Å². The molecule has 0 saturated carbocycles. The van der Waals surface area contributed by atoms with E-state index in [1.54, 1.807) is 32.1 Å². The van der Waals surface area contributed by atoms with Gasteiger partial charge in [0.25, 0.3) is 5.91 Å². The summed E-state index contributed by atoms with van der Waals surface area (Å²) in [5.41, 5.74) is 1.25. The van der Waals surface area contributed by atoms with E-state index in [2.05, 4.69) is 10.6 Å². The normalized spacial score (nSPS) is 12.1. The first-order chi connectivity index (χ1) is 13.6. The molecule has 2 aromatic carbocycles. The Bertz CT molecular complexity index is 998. The van der Waals surface area contributed by atoms with E-state index in [0.29, 0.717) is 5.69 Å². The third-order valence-corrected chi connectivity index (χ3v) is 6.23. The average molecular weight is 416 g/mol. The Labute approximate surface area is 171 Å². The number of carbonyl (C=O) groups excluding carboxylic acids is 2. The van der Waals surface area contributed by atoms with Crippen molar-refractivity contribution in [1.29, 1.82) is 0 Å². The summed E-state index contributed by atoms with van der Waals surface area (Å²) in [6.45, 7) is 4.89. The summed E-state index contributed by atoms with van der Waals surface area (Å²) in [4.78, 5) is 24.2. The monoisotopic (exact) mass is 415 g/mol. The van der Waals surface area contributed by atoms with E-state index in [-0.39, 0.29) is 22.5 Å². The highest BCUT2D eigenvalue weighted by atomic mass is 32.2. The van der Waals surface area contributed by atoms with Crippen LogP contribution in [-0.2, 0) is 19.6 Å². The number of sulfonamides is 1. The standard InChI is InChI=1S/C21H25N3O4S/c1-15(2)24(4)29(27,28)19-12-10-18(11-13-19)23-21(26)20(22-16(3)25)14-17-8-6-5-7-9-17/h5-15H,1-4H3,(H,22,25)(H,23,26)/b20-14-. The molecule has 2 amide bonds. The third kappa shape index (κ3) is 6.00. The van der Waals surface area contributed by atoms with Crippen molar-refractivity contribution in [2.45, 2.75) is 31.7 Å². The summed E-state index contributed by atoms with van der Waals surface area (Å²) in [6, 6.07) is 14.8. The topological polar surface area (TPSA) is 95.6 Å². The molecule has 0 saturated heterocycles. The fourth-order valence-electron chi connectivity index (χ4n) is 2.42. The van der Waals surface area contributed by atoms with Gasteiger partial charge in [0.1, 0.15) is 5.70 Å². The van der Waals surface area contributed by atoms with E-state index in [1.165, 1.54) is 42.5 Å². The lowest BCUT2D eigenvalue weighted by molar-refractivity contribution is -0.120. The first-order valence-electron chi connectivity index (χ1n) is 9.05. The molecule has 0 heterocycles. The second-order valence-corrected chi connectivity index (χ2v) is 8.74. The first-order valence-corrected chi connectivity index (χ1v) is 10.5. The maximum absolute atomic E-state index is 12.6. The van der Waals surface area contributed by atoms with Crippen LogP contribution in [-0.4, -0.2) is 37.6 Å². The molecule has 8 heteroatoms. The van der Waals surface area contributed by atoms with Gasteiger partial charge in [0.15, 0.2) is 0 Å². The zero-order chi connectivity index (χ0) is 21.6. The van der Waals surface area contributed by atoms with Crippen LogP contribution in [0.2, 0.25) is 0 Å². The molecule has 2 rings (SSSR count). The number of nitrogens with zero attached hydrogens (tertiary/aromatic N) is 1. The third-order valence-electron chi connectivity index (χ3n) is 4.18. The summed E-state index contributed by atoms with van der Waals surface area (Å²) in [7, 11) is -2.09. The van der Waals surface area contributed by atoms with Crippen molar-refractivity contribution < 1.29 is 18.0 Å². The lowest BCUT2D eigenvalue weighted by Crippen LogP contribution is -2.33. The smallest absolute Gasteiger partial charge is 0.272 e. The Balaban J connectivity index is 2.22. The maximum Gasteiger partial charge on any atom is 0.272 e. The average Bonchev–Trinajstić information content (AvgIpc) is 2.67. The largest absolute Gasteiger partial charge is 0.322 e. The van der Waals surface area contributed by atoms with Gasteiger partial charge in [0.2, 0.25) is 15.9 Å². The molecule has 0 radical (unpaired) electrons. The van der Waals surface area contributed by atoms with Crippen LogP contribution in [0.5, 0.6) is 0 Å². The van der Waals surface area contributed by atoms with Crippen LogP contribution in [0.15, 0.2) is 65.2 Å². The van der Waals surface area contributed by atoms with E-state index in [0.717, 1.165) is 5.56 Å². The number of nitrogens with one attached hydrogen (secondary N) is 2. The molecule has 0 atom stereocenters. The summed E-state index contributed by atoms with van der Waals surface area (Å²) in [5, 5.41) is 5.19. The van der Waals surface area contributed by atoms with E-state index >= 15 is 0 Å². The highest BCUT2D eigenvalue weighted by Crippen LogP contribution is 2.19. The van der Waals surface area contributed by atoms with Crippen LogP contribution < -0.4 is 10.6 Å². The van der Waals surface area contributed by atoms with Gasteiger partial charge in [-0.05, 0) is 49.8 Å². The molecule has 0 bridgehead atoms. The lowest BCUT2D eigenvalue weighted by atomic mass is 10.2. The molecule has 7 nitrogen and oxygen atoms in total. The molecule has 0 aliphatic heterocycles. The van der Waals surface area contributed by atoms with Crippen molar-refractivity contribution in [3.63, 3.8) is 0 Å². The van der Waals surface area contributed by atoms with Gasteiger partial charge >= 0.3 is 0 Å². The van der Waals surface area contributed by atoms with E-state index in [1.807, 2.05) is 18.2 Å². The summed E-state index contributed by atoms with van der Waals surface area (Å²) in [6.07, 6.45) is 1.56. The van der Waals surface area contributed by atoms with Crippen LogP contribution in [0.3, 0.4) is 0 Å². The molecule has 154 valence electrons. The zero-order valence-corrected chi connectivity index (χ0v) is 17.7. The number of carbonyl (C=O) groups is 2. The number of hydrogen-bond acceptors (Lipinski definition) is 4. The molecule has 29 heavy (non-hydrogen) atoms. The van der Waals surface area contributed by atoms with Gasteiger partial charge in [-0.2, -0.15) is 4.31 Å². The maximum atomic E-state index is 12.6. The van der Waals surface area contributed by atoms with Crippen LogP contribution in [0.1, 0.15) is 26.3 Å². The minimum absolute atomic E-state index is 0.0833. The van der Waals surface area contributed by atoms with Crippen molar-refractivity contribution in [1.82, 2.24) is 9.62 Å². The van der Waals surface area contributed by atoms with Crippen molar-refractivity contribution >= 4 is 33.6 Å². The van der Waals surface area contributed by atoms with Gasteiger partial charge < -0.3 is 10.6 Å². The Morgan fingerprint density at radius 1 is 1.00 bits per heavy atom. The van der Waals surface area contributed by atoms with Gasteiger partial charge in [-0.1, -0.05) is 30.3 Å². The van der Waals surface area contributed by atoms with Gasteiger partial charge in [0, 0.05) is 25.7 Å². The van der Waals surface area contributed by atoms with Crippen molar-refractivity contribution in [3.8, 4) is 0 Å². The number of rotatable bonds is 7. The zero-order valence-electron chi connectivity index (χ0n) is 16.8. The van der Waals surface area contributed by atoms with Crippen LogP contribution in [0, 0.1) is 0 Å². The fraction of sp³-hybridized carbons (Fsp3) is 0.238. The van der Waals surface area contributed by atoms with Gasteiger partial charge in [-0.15, -0.1) is 0 Å². The van der Waals surface area contributed by atoms with Crippen LogP contribution in [0.25, 0.3) is 6.08 Å². The second kappa shape index (κ2) is 9.49. The quantitative estimate of drug-likeness (QED) is 0.680. The van der Waals surface area contributed by atoms with Crippen LogP contribution in [0.4, 0.5) is 5.69 Å². The predicted octanol–water partition coefficient (Wildman–Crippen LogP) is 2.83. The van der Waals surface area contributed by atoms with Gasteiger partial charge in [-0.3, -0.25) is 9.59 Å². The fourth-order valence-corrected chi connectivity index (χ4v) is 3.78. The van der Waals surface area contributed by atoms with Crippen molar-refractivity contribution in [2.75, 3.05) is 12.4 Å². The second-order valence-electron chi connectivity index (χ2n) is 6.74. The highest BCUT2D eigenvalue weighted by molar-refractivity contribution is 7.89. The number of benzene rings is 2. The molecule has 0 unspecified atom stereocenters. The van der Waals surface area contributed by atoms with E-state index < -0.39 is 15.9 Å². The summed E-state index contributed by atoms with van der Waals surface area (Å²) >= 11 is 0. The molecule has 0 aliphatic carbocycles. The highest BCUT2D eigenvalue weighted by Gasteiger charge is 2.23. The molecule has 0 aromatic heterocycles. The summed E-state index contributed by atoms with van der Waals surface area (Å²) in [5.74, 6) is -0.889. The molecule has 0 fully saturated rings. The number of anilines is 1. The van der Waals surface area contributed by atoms with E-state index in [4.69, 9.17) is 0 Å². The molecule has 2 N–H and O–H groups in total. The minimum Gasteiger partial charge on any atom is -0.322 e.